The zero-order valence-electron chi connectivity index (χ0n) is 14.5. The Balaban J connectivity index is 1.54. The molecule has 0 bridgehead atoms. The second-order valence-corrected chi connectivity index (χ2v) is 6.52. The van der Waals surface area contributed by atoms with Gasteiger partial charge < -0.3 is 20.4 Å². The van der Waals surface area contributed by atoms with Gasteiger partial charge in [0.2, 0.25) is 5.91 Å². The van der Waals surface area contributed by atoms with Crippen LogP contribution in [0.3, 0.4) is 0 Å². The number of nitrogens with zero attached hydrogens (tertiary/aromatic N) is 2. The molecule has 2 aromatic carbocycles. The molecular formula is C19H21ClN4O2. The van der Waals surface area contributed by atoms with E-state index in [1.807, 2.05) is 36.4 Å². The third kappa shape index (κ3) is 4.46. The lowest BCUT2D eigenvalue weighted by Gasteiger charge is -2.36. The fourth-order valence-electron chi connectivity index (χ4n) is 2.88. The Morgan fingerprint density at radius 2 is 1.58 bits per heavy atom. The van der Waals surface area contributed by atoms with Crippen molar-refractivity contribution in [3.63, 3.8) is 0 Å². The van der Waals surface area contributed by atoms with Gasteiger partial charge in [0.05, 0.1) is 10.7 Å². The van der Waals surface area contributed by atoms with Gasteiger partial charge >= 0.3 is 6.03 Å². The van der Waals surface area contributed by atoms with Gasteiger partial charge in [0, 0.05) is 44.5 Å². The van der Waals surface area contributed by atoms with Crippen molar-refractivity contribution in [3.05, 3.63) is 53.6 Å². The third-order valence-corrected chi connectivity index (χ3v) is 4.56. The first-order valence-corrected chi connectivity index (χ1v) is 8.84. The number of hydrogen-bond acceptors (Lipinski definition) is 3. The summed E-state index contributed by atoms with van der Waals surface area (Å²) >= 11 is 6.09. The number of para-hydroxylation sites is 1. The highest BCUT2D eigenvalue weighted by Gasteiger charge is 2.21. The van der Waals surface area contributed by atoms with Crippen LogP contribution in [0.25, 0.3) is 0 Å². The van der Waals surface area contributed by atoms with Crippen LogP contribution < -0.4 is 15.5 Å². The number of piperazine rings is 1. The van der Waals surface area contributed by atoms with E-state index in [2.05, 4.69) is 15.5 Å². The Labute approximate surface area is 157 Å². The second-order valence-electron chi connectivity index (χ2n) is 6.11. The lowest BCUT2D eigenvalue weighted by molar-refractivity contribution is -0.114. The first kappa shape index (κ1) is 18.1. The zero-order valence-corrected chi connectivity index (χ0v) is 15.3. The van der Waals surface area contributed by atoms with E-state index in [-0.39, 0.29) is 11.9 Å². The summed E-state index contributed by atoms with van der Waals surface area (Å²) in [5, 5.41) is 6.14. The summed E-state index contributed by atoms with van der Waals surface area (Å²) in [5.41, 5.74) is 2.47. The molecule has 1 aliphatic rings. The Morgan fingerprint density at radius 3 is 2.19 bits per heavy atom. The van der Waals surface area contributed by atoms with E-state index >= 15 is 0 Å². The number of urea groups is 1. The molecule has 136 valence electrons. The Kier molecular flexibility index (Phi) is 5.63. The van der Waals surface area contributed by atoms with Gasteiger partial charge in [-0.05, 0) is 36.4 Å². The van der Waals surface area contributed by atoms with Crippen LogP contribution in [0.1, 0.15) is 6.92 Å². The van der Waals surface area contributed by atoms with Crippen molar-refractivity contribution >= 4 is 40.6 Å². The third-order valence-electron chi connectivity index (χ3n) is 4.24. The van der Waals surface area contributed by atoms with E-state index in [9.17, 15) is 9.59 Å². The highest BCUT2D eigenvalue weighted by molar-refractivity contribution is 6.33. The maximum absolute atomic E-state index is 12.4. The molecule has 1 saturated heterocycles. The van der Waals surface area contributed by atoms with E-state index in [4.69, 9.17) is 11.6 Å². The van der Waals surface area contributed by atoms with E-state index < -0.39 is 0 Å². The number of benzene rings is 2. The largest absolute Gasteiger partial charge is 0.368 e. The number of hydrogen-bond donors (Lipinski definition) is 2. The lowest BCUT2D eigenvalue weighted by Crippen LogP contribution is -2.50. The van der Waals surface area contributed by atoms with Crippen LogP contribution in [-0.4, -0.2) is 43.0 Å². The molecule has 0 unspecified atom stereocenters. The van der Waals surface area contributed by atoms with Crippen molar-refractivity contribution in [2.24, 2.45) is 0 Å². The van der Waals surface area contributed by atoms with Crippen LogP contribution in [-0.2, 0) is 4.79 Å². The number of nitrogens with one attached hydrogen (secondary N) is 2. The summed E-state index contributed by atoms with van der Waals surface area (Å²) in [5.74, 6) is -0.0871. The van der Waals surface area contributed by atoms with Gasteiger partial charge in [-0.3, -0.25) is 4.79 Å². The van der Waals surface area contributed by atoms with Crippen molar-refractivity contribution < 1.29 is 9.59 Å². The minimum Gasteiger partial charge on any atom is -0.368 e. The fraction of sp³-hybridized carbons (Fsp3) is 0.263. The number of rotatable bonds is 3. The predicted molar refractivity (Wildman–Crippen MR) is 105 cm³/mol. The molecule has 3 rings (SSSR count). The van der Waals surface area contributed by atoms with Crippen LogP contribution in [0.15, 0.2) is 48.5 Å². The van der Waals surface area contributed by atoms with Crippen LogP contribution >= 0.6 is 11.6 Å². The zero-order chi connectivity index (χ0) is 18.5. The summed E-state index contributed by atoms with van der Waals surface area (Å²) in [6.45, 7) is 4.24. The number of carbonyl (C=O) groups is 2. The Hall–Kier alpha value is -2.73. The molecule has 0 spiro atoms. The molecule has 0 saturated carbocycles. The molecule has 3 amide bonds. The van der Waals surface area contributed by atoms with Gasteiger partial charge in [-0.2, -0.15) is 0 Å². The molecule has 0 radical (unpaired) electrons. The van der Waals surface area contributed by atoms with Gasteiger partial charge in [0.25, 0.3) is 0 Å². The predicted octanol–water partition coefficient (Wildman–Crippen LogP) is 3.65. The van der Waals surface area contributed by atoms with Gasteiger partial charge in [0.1, 0.15) is 0 Å². The van der Waals surface area contributed by atoms with Crippen molar-refractivity contribution in [1.82, 2.24) is 4.90 Å². The molecule has 2 N–H and O–H groups in total. The number of halogens is 1. The molecule has 0 atom stereocenters. The van der Waals surface area contributed by atoms with Gasteiger partial charge in [-0.1, -0.05) is 23.7 Å². The van der Waals surface area contributed by atoms with Crippen LogP contribution in [0.5, 0.6) is 0 Å². The van der Waals surface area contributed by atoms with Crippen LogP contribution in [0.2, 0.25) is 5.02 Å². The average molecular weight is 373 g/mol. The molecule has 2 aromatic rings. The minimum absolute atomic E-state index is 0.0871. The fourth-order valence-corrected chi connectivity index (χ4v) is 3.07. The number of anilines is 3. The minimum atomic E-state index is -0.140. The molecule has 1 heterocycles. The van der Waals surface area contributed by atoms with Gasteiger partial charge in [0.15, 0.2) is 0 Å². The van der Waals surface area contributed by atoms with Crippen molar-refractivity contribution in [3.8, 4) is 0 Å². The highest BCUT2D eigenvalue weighted by atomic mass is 35.5. The molecule has 7 heteroatoms. The van der Waals surface area contributed by atoms with Gasteiger partial charge in [-0.25, -0.2) is 4.79 Å². The standard InChI is InChI=1S/C19H21ClN4O2/c1-14(25)21-15-6-8-16(9-7-15)23-10-12-24(13-11-23)19(26)22-18-5-3-2-4-17(18)20/h2-9H,10-13H2,1H3,(H,21,25)(H,22,26). The molecule has 6 nitrogen and oxygen atoms in total. The van der Waals surface area contributed by atoms with Crippen LogP contribution in [0.4, 0.5) is 21.9 Å². The maximum Gasteiger partial charge on any atom is 0.322 e. The molecule has 1 fully saturated rings. The normalized spacial score (nSPS) is 14.1. The first-order valence-electron chi connectivity index (χ1n) is 8.46. The van der Waals surface area contributed by atoms with Crippen molar-refractivity contribution in [2.75, 3.05) is 41.7 Å². The van der Waals surface area contributed by atoms with E-state index in [0.717, 1.165) is 24.5 Å². The van der Waals surface area contributed by atoms with Crippen molar-refractivity contribution in [2.45, 2.75) is 6.92 Å². The van der Waals surface area contributed by atoms with Crippen molar-refractivity contribution in [1.29, 1.82) is 0 Å². The first-order chi connectivity index (χ1) is 12.5. The van der Waals surface area contributed by atoms with Gasteiger partial charge in [-0.15, -0.1) is 0 Å². The van der Waals surface area contributed by atoms with E-state index in [1.165, 1.54) is 6.92 Å². The summed E-state index contributed by atoms with van der Waals surface area (Å²) in [6, 6.07) is 14.8. The average Bonchev–Trinajstić information content (AvgIpc) is 2.64. The number of carbonyl (C=O) groups excluding carboxylic acids is 2. The van der Waals surface area contributed by atoms with E-state index in [0.29, 0.717) is 23.8 Å². The lowest BCUT2D eigenvalue weighted by atomic mass is 10.2. The summed E-state index contributed by atoms with van der Waals surface area (Å²) < 4.78 is 0. The molecule has 1 aliphatic heterocycles. The quantitative estimate of drug-likeness (QED) is 0.864. The molecule has 26 heavy (non-hydrogen) atoms. The summed E-state index contributed by atoms with van der Waals surface area (Å²) in [6.07, 6.45) is 0. The SMILES string of the molecule is CC(=O)Nc1ccc(N2CCN(C(=O)Nc3ccccc3Cl)CC2)cc1. The molecular weight excluding hydrogens is 352 g/mol. The Morgan fingerprint density at radius 1 is 0.923 bits per heavy atom. The summed E-state index contributed by atoms with van der Waals surface area (Å²) in [4.78, 5) is 27.5. The highest BCUT2D eigenvalue weighted by Crippen LogP contribution is 2.22. The maximum atomic E-state index is 12.4. The number of amides is 3. The monoisotopic (exact) mass is 372 g/mol. The molecule has 0 aromatic heterocycles. The molecule has 0 aliphatic carbocycles. The van der Waals surface area contributed by atoms with Crippen LogP contribution in [0, 0.1) is 0 Å². The topological polar surface area (TPSA) is 64.7 Å². The Bertz CT molecular complexity index is 786. The summed E-state index contributed by atoms with van der Waals surface area (Å²) in [7, 11) is 0. The smallest absolute Gasteiger partial charge is 0.322 e. The second kappa shape index (κ2) is 8.10. The van der Waals surface area contributed by atoms with E-state index in [1.54, 1.807) is 17.0 Å².